The molecule has 3 aromatic rings. The summed E-state index contributed by atoms with van der Waals surface area (Å²) in [6.45, 7) is 6.45. The fourth-order valence-electron chi connectivity index (χ4n) is 2.99. The normalized spacial score (nSPS) is 12.6. The maximum Gasteiger partial charge on any atom is 0.408 e. The van der Waals surface area contributed by atoms with E-state index in [1.54, 1.807) is 20.8 Å². The zero-order valence-corrected chi connectivity index (χ0v) is 17.9. The topological polar surface area (TPSA) is 73.2 Å². The zero-order valence-electron chi connectivity index (χ0n) is 17.1. The van der Waals surface area contributed by atoms with E-state index in [0.29, 0.717) is 6.07 Å². The summed E-state index contributed by atoms with van der Waals surface area (Å²) in [6, 6.07) is 3.68. The molecule has 0 fully saturated rings. The van der Waals surface area contributed by atoms with Crippen LogP contribution in [0.2, 0.25) is 5.02 Å². The fourth-order valence-corrected chi connectivity index (χ4v) is 3.22. The van der Waals surface area contributed by atoms with Crippen molar-refractivity contribution in [1.29, 1.82) is 0 Å². The van der Waals surface area contributed by atoms with Crippen LogP contribution in [0.25, 0.3) is 16.6 Å². The van der Waals surface area contributed by atoms with Crippen LogP contribution < -0.4 is 10.9 Å². The maximum atomic E-state index is 14.4. The number of alkyl carbamates (subject to hydrolysis) is 1. The van der Waals surface area contributed by atoms with Gasteiger partial charge in [-0.05, 0) is 52.0 Å². The highest BCUT2D eigenvalue weighted by atomic mass is 35.5. The van der Waals surface area contributed by atoms with Gasteiger partial charge in [-0.3, -0.25) is 9.36 Å². The number of fused-ring (bicyclic) bond motifs is 1. The van der Waals surface area contributed by atoms with Crippen molar-refractivity contribution >= 4 is 28.6 Å². The molecule has 0 aliphatic carbocycles. The van der Waals surface area contributed by atoms with Gasteiger partial charge < -0.3 is 10.1 Å². The lowest BCUT2D eigenvalue weighted by Crippen LogP contribution is -2.37. The van der Waals surface area contributed by atoms with Gasteiger partial charge >= 0.3 is 6.09 Å². The molecule has 164 valence electrons. The van der Waals surface area contributed by atoms with E-state index in [4.69, 9.17) is 16.3 Å². The van der Waals surface area contributed by atoms with E-state index in [9.17, 15) is 22.8 Å². The minimum absolute atomic E-state index is 0.0844. The molecule has 6 nitrogen and oxygen atoms in total. The summed E-state index contributed by atoms with van der Waals surface area (Å²) < 4.78 is 48.3. The lowest BCUT2D eigenvalue weighted by atomic mass is 10.2. The molecule has 10 heteroatoms. The SMILES string of the molecule is C[C@H](NC(=O)OC(C)(C)C)c1nc2c(F)ccc(Cl)c2c(=O)n1-c1cc(F)cc(F)c1. The summed E-state index contributed by atoms with van der Waals surface area (Å²) >= 11 is 6.09. The number of rotatable bonds is 3. The summed E-state index contributed by atoms with van der Waals surface area (Å²) in [6.07, 6.45) is -0.821. The Labute approximate surface area is 180 Å². The average molecular weight is 454 g/mol. The van der Waals surface area contributed by atoms with Gasteiger partial charge in [-0.15, -0.1) is 0 Å². The van der Waals surface area contributed by atoms with Gasteiger partial charge in [0.05, 0.1) is 22.1 Å². The number of hydrogen-bond donors (Lipinski definition) is 1. The van der Waals surface area contributed by atoms with Crippen LogP contribution in [-0.2, 0) is 4.74 Å². The van der Waals surface area contributed by atoms with E-state index in [1.165, 1.54) is 13.0 Å². The molecule has 0 spiro atoms. The molecule has 0 saturated heterocycles. The highest BCUT2D eigenvalue weighted by Crippen LogP contribution is 2.25. The number of benzene rings is 2. The van der Waals surface area contributed by atoms with Crippen LogP contribution in [0.1, 0.15) is 39.6 Å². The van der Waals surface area contributed by atoms with Crippen molar-refractivity contribution < 1.29 is 22.7 Å². The third-order valence-electron chi connectivity index (χ3n) is 4.18. The summed E-state index contributed by atoms with van der Waals surface area (Å²) in [7, 11) is 0. The molecule has 2 aromatic carbocycles. The third kappa shape index (κ3) is 4.82. The van der Waals surface area contributed by atoms with Gasteiger partial charge in [-0.2, -0.15) is 0 Å². The van der Waals surface area contributed by atoms with Crippen LogP contribution in [0, 0.1) is 17.5 Å². The summed E-state index contributed by atoms with van der Waals surface area (Å²) in [4.78, 5) is 29.6. The average Bonchev–Trinajstić information content (AvgIpc) is 2.61. The first kappa shape index (κ1) is 22.6. The molecule has 0 bridgehead atoms. The van der Waals surface area contributed by atoms with E-state index >= 15 is 0 Å². The number of carbonyl (C=O) groups excluding carboxylic acids is 1. The molecule has 0 saturated carbocycles. The van der Waals surface area contributed by atoms with Gasteiger partial charge in [0.2, 0.25) is 0 Å². The Balaban J connectivity index is 2.27. The number of aromatic nitrogens is 2. The number of amides is 1. The van der Waals surface area contributed by atoms with Crippen molar-refractivity contribution in [3.8, 4) is 5.69 Å². The number of ether oxygens (including phenoxy) is 1. The van der Waals surface area contributed by atoms with Crippen LogP contribution >= 0.6 is 11.6 Å². The van der Waals surface area contributed by atoms with E-state index in [1.807, 2.05) is 0 Å². The first-order valence-corrected chi connectivity index (χ1v) is 9.62. The number of carbonyl (C=O) groups is 1. The Bertz CT molecular complexity index is 1220. The first-order valence-electron chi connectivity index (χ1n) is 9.24. The minimum atomic E-state index is -1.00. The van der Waals surface area contributed by atoms with Crippen LogP contribution in [0.5, 0.6) is 0 Å². The second-order valence-electron chi connectivity index (χ2n) is 7.86. The molecular weight excluding hydrogens is 435 g/mol. The summed E-state index contributed by atoms with van der Waals surface area (Å²) in [5.74, 6) is -2.87. The summed E-state index contributed by atoms with van der Waals surface area (Å²) in [5.41, 5.74) is -2.19. The Kier molecular flexibility index (Phi) is 6.00. The Morgan fingerprint density at radius 2 is 1.77 bits per heavy atom. The Hall–Kier alpha value is -3.07. The molecule has 1 aromatic heterocycles. The second-order valence-corrected chi connectivity index (χ2v) is 8.27. The molecular formula is C21H19ClF3N3O3. The molecule has 1 N–H and O–H groups in total. The Morgan fingerprint density at radius 1 is 1.16 bits per heavy atom. The van der Waals surface area contributed by atoms with Crippen LogP contribution in [0.15, 0.2) is 35.1 Å². The van der Waals surface area contributed by atoms with Gasteiger partial charge in [0.1, 0.15) is 34.4 Å². The van der Waals surface area contributed by atoms with Crippen molar-refractivity contribution in [3.63, 3.8) is 0 Å². The molecule has 1 amide bonds. The van der Waals surface area contributed by atoms with E-state index in [-0.39, 0.29) is 27.4 Å². The molecule has 0 aliphatic rings. The smallest absolute Gasteiger partial charge is 0.408 e. The van der Waals surface area contributed by atoms with Crippen LogP contribution in [0.4, 0.5) is 18.0 Å². The van der Waals surface area contributed by atoms with Crippen molar-refractivity contribution in [1.82, 2.24) is 14.9 Å². The van der Waals surface area contributed by atoms with Gasteiger partial charge in [0, 0.05) is 6.07 Å². The van der Waals surface area contributed by atoms with Crippen molar-refractivity contribution in [3.05, 3.63) is 69.0 Å². The highest BCUT2D eigenvalue weighted by Gasteiger charge is 2.25. The molecule has 0 aliphatic heterocycles. The van der Waals surface area contributed by atoms with Gasteiger partial charge in [0.15, 0.2) is 0 Å². The van der Waals surface area contributed by atoms with E-state index in [0.717, 1.165) is 22.8 Å². The van der Waals surface area contributed by atoms with Gasteiger partial charge in [0.25, 0.3) is 5.56 Å². The van der Waals surface area contributed by atoms with Crippen molar-refractivity contribution in [2.75, 3.05) is 0 Å². The molecule has 31 heavy (non-hydrogen) atoms. The molecule has 1 atom stereocenters. The summed E-state index contributed by atoms with van der Waals surface area (Å²) in [5, 5.41) is 2.14. The second kappa shape index (κ2) is 8.22. The molecule has 0 radical (unpaired) electrons. The maximum absolute atomic E-state index is 14.4. The van der Waals surface area contributed by atoms with Crippen molar-refractivity contribution in [2.45, 2.75) is 39.3 Å². The highest BCUT2D eigenvalue weighted by molar-refractivity contribution is 6.35. The number of nitrogens with one attached hydrogen (secondary N) is 1. The van der Waals surface area contributed by atoms with E-state index < -0.39 is 40.7 Å². The number of halogens is 4. The minimum Gasteiger partial charge on any atom is -0.444 e. The van der Waals surface area contributed by atoms with Crippen molar-refractivity contribution in [2.24, 2.45) is 0 Å². The standard InChI is InChI=1S/C21H19ClF3N3O3/c1-10(26-20(30)31-21(2,3)4)18-27-17-15(25)6-5-14(22)16(17)19(29)28(18)13-8-11(23)7-12(24)9-13/h5-10H,1-4H3,(H,26,30)/t10-/m0/s1. The fraction of sp³-hybridized carbons (Fsp3) is 0.286. The van der Waals surface area contributed by atoms with Crippen LogP contribution in [-0.4, -0.2) is 21.2 Å². The predicted molar refractivity (Wildman–Crippen MR) is 110 cm³/mol. The zero-order chi connectivity index (χ0) is 23.1. The van der Waals surface area contributed by atoms with Gasteiger partial charge in [-0.1, -0.05) is 11.6 Å². The lowest BCUT2D eigenvalue weighted by Gasteiger charge is -2.23. The Morgan fingerprint density at radius 3 is 2.35 bits per heavy atom. The van der Waals surface area contributed by atoms with E-state index in [2.05, 4.69) is 10.3 Å². The predicted octanol–water partition coefficient (Wildman–Crippen LogP) is 5.04. The molecule has 3 rings (SSSR count). The lowest BCUT2D eigenvalue weighted by molar-refractivity contribution is 0.0505. The van der Waals surface area contributed by atoms with Crippen LogP contribution in [0.3, 0.4) is 0 Å². The number of nitrogens with zero attached hydrogens (tertiary/aromatic N) is 2. The number of hydrogen-bond acceptors (Lipinski definition) is 4. The third-order valence-corrected chi connectivity index (χ3v) is 4.49. The molecule has 0 unspecified atom stereocenters. The largest absolute Gasteiger partial charge is 0.444 e. The first-order chi connectivity index (χ1) is 14.4. The quantitative estimate of drug-likeness (QED) is 0.603. The molecule has 1 heterocycles. The van der Waals surface area contributed by atoms with Gasteiger partial charge in [-0.25, -0.2) is 22.9 Å². The monoisotopic (exact) mass is 453 g/mol.